The molecule has 0 aliphatic carbocycles. The number of Topliss-reactive ketones (excluding diaryl/α,β-unsaturated/α-hetero) is 1. The molecule has 0 saturated carbocycles. The number of carbonyl (C=O) groups excluding carboxylic acids is 3. The van der Waals surface area contributed by atoms with Crippen molar-refractivity contribution in [3.8, 4) is 0 Å². The summed E-state index contributed by atoms with van der Waals surface area (Å²) < 4.78 is 5.07. The fraction of sp³-hybridized carbons (Fsp3) is 0.438. The summed E-state index contributed by atoms with van der Waals surface area (Å²) in [5.41, 5.74) is 0.338. The maximum Gasteiger partial charge on any atom is 0.407 e. The van der Waals surface area contributed by atoms with E-state index < -0.39 is 11.7 Å². The van der Waals surface area contributed by atoms with Crippen molar-refractivity contribution < 1.29 is 19.1 Å². The van der Waals surface area contributed by atoms with Gasteiger partial charge in [-0.25, -0.2) is 4.79 Å². The number of carbonyl (C=O) groups is 3. The first kappa shape index (κ1) is 17.7. The predicted octanol–water partition coefficient (Wildman–Crippen LogP) is 2.14. The SMILES string of the molecule is CC(=O)c1cccc(C(=O)NCCNC(=O)OC(C)(C)C)c1. The van der Waals surface area contributed by atoms with Crippen molar-refractivity contribution in [3.05, 3.63) is 35.4 Å². The molecule has 0 aliphatic heterocycles. The highest BCUT2D eigenvalue weighted by Gasteiger charge is 2.15. The van der Waals surface area contributed by atoms with E-state index in [-0.39, 0.29) is 24.8 Å². The molecule has 0 fully saturated rings. The van der Waals surface area contributed by atoms with Gasteiger partial charge in [-0.1, -0.05) is 12.1 Å². The highest BCUT2D eigenvalue weighted by atomic mass is 16.6. The number of ether oxygens (including phenoxy) is 1. The van der Waals surface area contributed by atoms with Crippen LogP contribution in [-0.4, -0.2) is 36.5 Å². The summed E-state index contributed by atoms with van der Waals surface area (Å²) in [6.45, 7) is 7.29. The molecule has 0 aromatic heterocycles. The van der Waals surface area contributed by atoms with Crippen molar-refractivity contribution >= 4 is 17.8 Å². The fourth-order valence-corrected chi connectivity index (χ4v) is 1.64. The van der Waals surface area contributed by atoms with Gasteiger partial charge >= 0.3 is 6.09 Å². The lowest BCUT2D eigenvalue weighted by Crippen LogP contribution is -2.37. The van der Waals surface area contributed by atoms with E-state index in [1.54, 1.807) is 45.0 Å². The number of hydrogen-bond acceptors (Lipinski definition) is 4. The summed E-state index contributed by atoms with van der Waals surface area (Å²) in [7, 11) is 0. The molecule has 0 aliphatic rings. The van der Waals surface area contributed by atoms with E-state index in [1.165, 1.54) is 6.92 Å². The van der Waals surface area contributed by atoms with Crippen molar-refractivity contribution in [2.24, 2.45) is 0 Å². The van der Waals surface area contributed by atoms with Crippen LogP contribution in [0.3, 0.4) is 0 Å². The second-order valence-corrected chi connectivity index (χ2v) is 5.82. The van der Waals surface area contributed by atoms with Gasteiger partial charge in [-0.3, -0.25) is 9.59 Å². The van der Waals surface area contributed by atoms with Gasteiger partial charge in [-0.2, -0.15) is 0 Å². The molecule has 0 radical (unpaired) electrons. The Morgan fingerprint density at radius 2 is 1.64 bits per heavy atom. The Balaban J connectivity index is 2.39. The minimum absolute atomic E-state index is 0.0961. The number of hydrogen-bond donors (Lipinski definition) is 2. The normalized spacial score (nSPS) is 10.7. The smallest absolute Gasteiger partial charge is 0.407 e. The van der Waals surface area contributed by atoms with E-state index in [0.717, 1.165) is 0 Å². The van der Waals surface area contributed by atoms with Crippen LogP contribution in [0.1, 0.15) is 48.4 Å². The molecular formula is C16H22N2O4. The van der Waals surface area contributed by atoms with E-state index in [2.05, 4.69) is 10.6 Å². The predicted molar refractivity (Wildman–Crippen MR) is 83.0 cm³/mol. The second kappa shape index (κ2) is 7.59. The summed E-state index contributed by atoms with van der Waals surface area (Å²) in [6, 6.07) is 6.48. The second-order valence-electron chi connectivity index (χ2n) is 5.82. The third-order valence-corrected chi connectivity index (χ3v) is 2.61. The maximum absolute atomic E-state index is 11.9. The van der Waals surface area contributed by atoms with Crippen LogP contribution in [0.2, 0.25) is 0 Å². The average molecular weight is 306 g/mol. The van der Waals surface area contributed by atoms with Gasteiger partial charge in [-0.15, -0.1) is 0 Å². The van der Waals surface area contributed by atoms with Crippen molar-refractivity contribution in [1.82, 2.24) is 10.6 Å². The van der Waals surface area contributed by atoms with Crippen LogP contribution in [0.15, 0.2) is 24.3 Å². The van der Waals surface area contributed by atoms with E-state index in [4.69, 9.17) is 4.74 Å². The quantitative estimate of drug-likeness (QED) is 0.645. The van der Waals surface area contributed by atoms with Crippen LogP contribution in [-0.2, 0) is 4.74 Å². The average Bonchev–Trinajstić information content (AvgIpc) is 2.41. The Bertz CT molecular complexity index is 562. The largest absolute Gasteiger partial charge is 0.444 e. The fourth-order valence-electron chi connectivity index (χ4n) is 1.64. The van der Waals surface area contributed by atoms with Crippen LogP contribution in [0.25, 0.3) is 0 Å². The molecule has 6 heteroatoms. The number of rotatable bonds is 5. The maximum atomic E-state index is 11.9. The van der Waals surface area contributed by atoms with Crippen molar-refractivity contribution in [1.29, 1.82) is 0 Å². The summed E-state index contributed by atoms with van der Waals surface area (Å²) in [4.78, 5) is 34.6. The highest BCUT2D eigenvalue weighted by molar-refractivity contribution is 5.99. The van der Waals surface area contributed by atoms with E-state index in [0.29, 0.717) is 11.1 Å². The summed E-state index contributed by atoms with van der Waals surface area (Å²) in [5, 5.41) is 5.21. The Morgan fingerprint density at radius 3 is 2.23 bits per heavy atom. The highest BCUT2D eigenvalue weighted by Crippen LogP contribution is 2.07. The van der Waals surface area contributed by atoms with E-state index in [9.17, 15) is 14.4 Å². The Hall–Kier alpha value is -2.37. The monoisotopic (exact) mass is 306 g/mol. The topological polar surface area (TPSA) is 84.5 Å². The number of benzene rings is 1. The minimum Gasteiger partial charge on any atom is -0.444 e. The molecule has 0 unspecified atom stereocenters. The van der Waals surface area contributed by atoms with E-state index in [1.807, 2.05) is 0 Å². The van der Waals surface area contributed by atoms with Gasteiger partial charge < -0.3 is 15.4 Å². The molecule has 0 heterocycles. The number of alkyl carbamates (subject to hydrolysis) is 1. The first-order valence-corrected chi connectivity index (χ1v) is 7.05. The van der Waals surface area contributed by atoms with Crippen molar-refractivity contribution in [2.45, 2.75) is 33.3 Å². The number of nitrogens with one attached hydrogen (secondary N) is 2. The van der Waals surface area contributed by atoms with Crippen LogP contribution in [0, 0.1) is 0 Å². The Labute approximate surface area is 130 Å². The van der Waals surface area contributed by atoms with Gasteiger partial charge in [0, 0.05) is 24.2 Å². The third kappa shape index (κ3) is 6.39. The molecule has 1 aromatic rings. The molecule has 2 amide bonds. The molecule has 1 rings (SSSR count). The Morgan fingerprint density at radius 1 is 1.05 bits per heavy atom. The summed E-state index contributed by atoms with van der Waals surface area (Å²) in [6.07, 6.45) is -0.527. The zero-order chi connectivity index (χ0) is 16.8. The molecule has 6 nitrogen and oxygen atoms in total. The summed E-state index contributed by atoms with van der Waals surface area (Å²) >= 11 is 0. The van der Waals surface area contributed by atoms with E-state index >= 15 is 0 Å². The zero-order valence-corrected chi connectivity index (χ0v) is 13.4. The van der Waals surface area contributed by atoms with Crippen LogP contribution in [0.4, 0.5) is 4.79 Å². The van der Waals surface area contributed by atoms with Crippen LogP contribution >= 0.6 is 0 Å². The third-order valence-electron chi connectivity index (χ3n) is 2.61. The molecule has 120 valence electrons. The van der Waals surface area contributed by atoms with Gasteiger partial charge in [0.25, 0.3) is 5.91 Å². The van der Waals surface area contributed by atoms with Gasteiger partial charge in [0.2, 0.25) is 0 Å². The lowest BCUT2D eigenvalue weighted by molar-refractivity contribution is 0.0526. The van der Waals surface area contributed by atoms with Gasteiger partial charge in [0.1, 0.15) is 5.60 Å². The van der Waals surface area contributed by atoms with Gasteiger partial charge in [-0.05, 0) is 39.8 Å². The molecule has 2 N–H and O–H groups in total. The standard InChI is InChI=1S/C16H22N2O4/c1-11(19)12-6-5-7-13(10-12)14(20)17-8-9-18-15(21)22-16(2,3)4/h5-7,10H,8-9H2,1-4H3,(H,17,20)(H,18,21). The number of amides is 2. The molecular weight excluding hydrogens is 284 g/mol. The molecule has 0 atom stereocenters. The lowest BCUT2D eigenvalue weighted by atomic mass is 10.1. The summed E-state index contributed by atoms with van der Waals surface area (Å²) in [5.74, 6) is -0.393. The van der Waals surface area contributed by atoms with Crippen LogP contribution < -0.4 is 10.6 Å². The first-order valence-electron chi connectivity index (χ1n) is 7.05. The lowest BCUT2D eigenvalue weighted by Gasteiger charge is -2.19. The zero-order valence-electron chi connectivity index (χ0n) is 13.4. The van der Waals surface area contributed by atoms with Crippen molar-refractivity contribution in [3.63, 3.8) is 0 Å². The molecule has 0 spiro atoms. The molecule has 0 saturated heterocycles. The number of ketones is 1. The Kier molecular flexibility index (Phi) is 6.10. The van der Waals surface area contributed by atoms with Gasteiger partial charge in [0.05, 0.1) is 0 Å². The molecule has 0 bridgehead atoms. The molecule has 22 heavy (non-hydrogen) atoms. The van der Waals surface area contributed by atoms with Crippen molar-refractivity contribution in [2.75, 3.05) is 13.1 Å². The minimum atomic E-state index is -0.555. The van der Waals surface area contributed by atoms with Gasteiger partial charge in [0.15, 0.2) is 5.78 Å². The first-order chi connectivity index (χ1) is 10.2. The van der Waals surface area contributed by atoms with Crippen LogP contribution in [0.5, 0.6) is 0 Å². The molecule has 1 aromatic carbocycles.